The van der Waals surface area contributed by atoms with Gasteiger partial charge in [-0.3, -0.25) is 9.59 Å². The Balaban J connectivity index is 1.47. The molecule has 2 aromatic carbocycles. The minimum absolute atomic E-state index is 0.108. The number of nitrogens with zero attached hydrogens (tertiary/aromatic N) is 1. The molecule has 5 nitrogen and oxygen atoms in total. The zero-order valence-electron chi connectivity index (χ0n) is 15.4. The Kier molecular flexibility index (Phi) is 5.78. The molecular formula is C21H22ClN3O2S. The largest absolute Gasteiger partial charge is 0.370 e. The molecule has 146 valence electrons. The highest BCUT2D eigenvalue weighted by molar-refractivity contribution is 8.01. The van der Waals surface area contributed by atoms with E-state index in [9.17, 15) is 9.59 Å². The molecule has 0 saturated carbocycles. The van der Waals surface area contributed by atoms with Crippen LogP contribution >= 0.6 is 23.4 Å². The van der Waals surface area contributed by atoms with Gasteiger partial charge in [-0.25, -0.2) is 0 Å². The summed E-state index contributed by atoms with van der Waals surface area (Å²) in [7, 11) is 0. The summed E-state index contributed by atoms with van der Waals surface area (Å²) in [5.41, 5.74) is 2.50. The summed E-state index contributed by atoms with van der Waals surface area (Å²) in [6, 6.07) is 13.2. The van der Waals surface area contributed by atoms with Crippen LogP contribution in [0.2, 0.25) is 5.02 Å². The van der Waals surface area contributed by atoms with Crippen LogP contribution in [0.4, 0.5) is 17.1 Å². The standard InChI is InChI=1S/C21H22ClN3O2S/c22-14-8-9-17(25-10-4-1-5-11-25)16(12-14)23-20(26)13-19-21(27)24-15-6-2-3-7-18(15)28-19/h2-3,6-9,12,19H,1,4-5,10-11,13H2,(H,23,26)(H,24,27)/t19-/m0/s1. The molecule has 0 aliphatic carbocycles. The number of halogens is 1. The van der Waals surface area contributed by atoms with Gasteiger partial charge in [-0.1, -0.05) is 23.7 Å². The van der Waals surface area contributed by atoms with Crippen molar-refractivity contribution in [2.75, 3.05) is 28.6 Å². The van der Waals surface area contributed by atoms with Crippen molar-refractivity contribution in [1.82, 2.24) is 0 Å². The number of anilines is 3. The van der Waals surface area contributed by atoms with Crippen molar-refractivity contribution in [2.24, 2.45) is 0 Å². The van der Waals surface area contributed by atoms with Crippen LogP contribution in [-0.2, 0) is 9.59 Å². The lowest BCUT2D eigenvalue weighted by molar-refractivity contribution is -0.120. The summed E-state index contributed by atoms with van der Waals surface area (Å²) in [6.07, 6.45) is 3.64. The van der Waals surface area contributed by atoms with Crippen molar-refractivity contribution in [3.8, 4) is 0 Å². The van der Waals surface area contributed by atoms with E-state index in [1.54, 1.807) is 6.07 Å². The molecule has 0 radical (unpaired) electrons. The van der Waals surface area contributed by atoms with Crippen molar-refractivity contribution < 1.29 is 9.59 Å². The number of benzene rings is 2. The molecule has 4 rings (SSSR count). The molecular weight excluding hydrogens is 394 g/mol. The van der Waals surface area contributed by atoms with E-state index >= 15 is 0 Å². The van der Waals surface area contributed by atoms with Crippen LogP contribution in [0.15, 0.2) is 47.4 Å². The number of carbonyl (C=O) groups excluding carboxylic acids is 2. The fourth-order valence-electron chi connectivity index (χ4n) is 3.62. The molecule has 0 unspecified atom stereocenters. The van der Waals surface area contributed by atoms with E-state index in [1.807, 2.05) is 36.4 Å². The van der Waals surface area contributed by atoms with Crippen LogP contribution in [0, 0.1) is 0 Å². The van der Waals surface area contributed by atoms with Crippen molar-refractivity contribution in [3.05, 3.63) is 47.5 Å². The molecule has 1 saturated heterocycles. The van der Waals surface area contributed by atoms with Gasteiger partial charge in [0, 0.05) is 29.4 Å². The molecule has 1 atom stereocenters. The normalized spacial score (nSPS) is 19.0. The van der Waals surface area contributed by atoms with Crippen molar-refractivity contribution in [3.63, 3.8) is 0 Å². The highest BCUT2D eigenvalue weighted by Gasteiger charge is 2.29. The van der Waals surface area contributed by atoms with E-state index in [0.29, 0.717) is 10.7 Å². The number of nitrogens with one attached hydrogen (secondary N) is 2. The molecule has 2 aliphatic heterocycles. The average Bonchev–Trinajstić information content (AvgIpc) is 2.69. The highest BCUT2D eigenvalue weighted by atomic mass is 35.5. The minimum Gasteiger partial charge on any atom is -0.370 e. The van der Waals surface area contributed by atoms with E-state index in [1.165, 1.54) is 18.2 Å². The summed E-state index contributed by atoms with van der Waals surface area (Å²) < 4.78 is 0. The molecule has 0 aromatic heterocycles. The fraction of sp³-hybridized carbons (Fsp3) is 0.333. The van der Waals surface area contributed by atoms with E-state index < -0.39 is 5.25 Å². The summed E-state index contributed by atoms with van der Waals surface area (Å²) in [5.74, 6) is -0.325. The van der Waals surface area contributed by atoms with E-state index in [2.05, 4.69) is 15.5 Å². The molecule has 2 amide bonds. The predicted molar refractivity (Wildman–Crippen MR) is 115 cm³/mol. The fourth-order valence-corrected chi connectivity index (χ4v) is 4.90. The maximum Gasteiger partial charge on any atom is 0.238 e. The molecule has 0 spiro atoms. The van der Waals surface area contributed by atoms with Crippen molar-refractivity contribution in [1.29, 1.82) is 0 Å². The third kappa shape index (κ3) is 4.28. The van der Waals surface area contributed by atoms with Gasteiger partial charge < -0.3 is 15.5 Å². The molecule has 2 aromatic rings. The van der Waals surface area contributed by atoms with Crippen molar-refractivity contribution in [2.45, 2.75) is 35.8 Å². The molecule has 2 heterocycles. The van der Waals surface area contributed by atoms with Gasteiger partial charge in [-0.15, -0.1) is 11.8 Å². The van der Waals surface area contributed by atoms with E-state index in [4.69, 9.17) is 11.6 Å². The summed E-state index contributed by atoms with van der Waals surface area (Å²) in [4.78, 5) is 28.4. The van der Waals surface area contributed by atoms with E-state index in [0.717, 1.165) is 42.2 Å². The van der Waals surface area contributed by atoms with Gasteiger partial charge in [0.25, 0.3) is 0 Å². The second-order valence-electron chi connectivity index (χ2n) is 7.05. The number of fused-ring (bicyclic) bond motifs is 1. The first-order valence-electron chi connectivity index (χ1n) is 9.51. The second kappa shape index (κ2) is 8.45. The lowest BCUT2D eigenvalue weighted by Crippen LogP contribution is -2.33. The Morgan fingerprint density at radius 3 is 2.79 bits per heavy atom. The minimum atomic E-state index is -0.451. The first-order chi connectivity index (χ1) is 13.6. The number of rotatable bonds is 4. The zero-order chi connectivity index (χ0) is 19.5. The van der Waals surface area contributed by atoms with E-state index in [-0.39, 0.29) is 18.2 Å². The lowest BCUT2D eigenvalue weighted by Gasteiger charge is -2.31. The quantitative estimate of drug-likeness (QED) is 0.754. The van der Waals surface area contributed by atoms with Crippen LogP contribution in [0.3, 0.4) is 0 Å². The van der Waals surface area contributed by atoms with Gasteiger partial charge >= 0.3 is 0 Å². The SMILES string of the molecule is O=C(C[C@@H]1Sc2ccccc2NC1=O)Nc1cc(Cl)ccc1N1CCCCC1. The summed E-state index contributed by atoms with van der Waals surface area (Å²) in [6.45, 7) is 1.95. The number of piperidine rings is 1. The number of hydrogen-bond acceptors (Lipinski definition) is 4. The third-order valence-electron chi connectivity index (χ3n) is 5.01. The van der Waals surface area contributed by atoms with Gasteiger partial charge in [0.1, 0.15) is 0 Å². The van der Waals surface area contributed by atoms with Gasteiger partial charge in [-0.2, -0.15) is 0 Å². The molecule has 2 N–H and O–H groups in total. The zero-order valence-corrected chi connectivity index (χ0v) is 17.0. The Labute approximate surface area is 173 Å². The summed E-state index contributed by atoms with van der Waals surface area (Å²) >= 11 is 7.60. The first kappa shape index (κ1) is 19.2. The Morgan fingerprint density at radius 1 is 1.18 bits per heavy atom. The monoisotopic (exact) mass is 415 g/mol. The second-order valence-corrected chi connectivity index (χ2v) is 8.73. The van der Waals surface area contributed by atoms with Gasteiger partial charge in [0.15, 0.2) is 0 Å². The number of carbonyl (C=O) groups is 2. The highest BCUT2D eigenvalue weighted by Crippen LogP contribution is 2.37. The third-order valence-corrected chi connectivity index (χ3v) is 6.52. The Bertz CT molecular complexity index is 899. The maximum atomic E-state index is 12.7. The molecule has 2 aliphatic rings. The molecule has 7 heteroatoms. The van der Waals surface area contributed by atoms with Gasteiger partial charge in [0.05, 0.1) is 22.3 Å². The number of para-hydroxylation sites is 1. The predicted octanol–water partition coefficient (Wildman–Crippen LogP) is 4.77. The van der Waals surface area contributed by atoms with Crippen LogP contribution < -0.4 is 15.5 Å². The Morgan fingerprint density at radius 2 is 1.96 bits per heavy atom. The number of thioether (sulfide) groups is 1. The topological polar surface area (TPSA) is 61.4 Å². The van der Waals surface area contributed by atoms with Crippen molar-refractivity contribution >= 4 is 52.2 Å². The van der Waals surface area contributed by atoms with Crippen LogP contribution in [0.5, 0.6) is 0 Å². The Hall–Kier alpha value is -2.18. The summed E-state index contributed by atoms with van der Waals surface area (Å²) in [5, 5.41) is 5.99. The number of amides is 2. The molecule has 0 bridgehead atoms. The van der Waals surface area contributed by atoms with Gasteiger partial charge in [0.2, 0.25) is 11.8 Å². The van der Waals surface area contributed by atoms with Crippen LogP contribution in [0.25, 0.3) is 0 Å². The number of hydrogen-bond donors (Lipinski definition) is 2. The molecule has 28 heavy (non-hydrogen) atoms. The first-order valence-corrected chi connectivity index (χ1v) is 10.8. The van der Waals surface area contributed by atoms with Crippen LogP contribution in [-0.4, -0.2) is 30.2 Å². The molecule has 1 fully saturated rings. The van der Waals surface area contributed by atoms with Gasteiger partial charge in [-0.05, 0) is 49.6 Å². The maximum absolute atomic E-state index is 12.7. The average molecular weight is 416 g/mol. The van der Waals surface area contributed by atoms with Crippen LogP contribution in [0.1, 0.15) is 25.7 Å². The smallest absolute Gasteiger partial charge is 0.238 e. The lowest BCUT2D eigenvalue weighted by atomic mass is 10.1.